The van der Waals surface area contributed by atoms with Gasteiger partial charge in [-0.1, -0.05) is 41.9 Å². The highest BCUT2D eigenvalue weighted by atomic mass is 35.5. The van der Waals surface area contributed by atoms with E-state index in [0.717, 1.165) is 5.56 Å². The van der Waals surface area contributed by atoms with Gasteiger partial charge >= 0.3 is 0 Å². The minimum absolute atomic E-state index is 0.172. The van der Waals surface area contributed by atoms with Crippen LogP contribution in [0.5, 0.6) is 5.75 Å². The van der Waals surface area contributed by atoms with Gasteiger partial charge in [-0.25, -0.2) is 4.39 Å². The quantitative estimate of drug-likeness (QED) is 0.898. The molecule has 0 aliphatic carbocycles. The minimum atomic E-state index is -0.373. The molecule has 0 radical (unpaired) electrons. The first-order chi connectivity index (χ1) is 9.20. The van der Waals surface area contributed by atoms with E-state index >= 15 is 0 Å². The Morgan fingerprint density at radius 3 is 2.58 bits per heavy atom. The van der Waals surface area contributed by atoms with Crippen LogP contribution in [0.15, 0.2) is 48.5 Å². The third-order valence-corrected chi connectivity index (χ3v) is 3.02. The summed E-state index contributed by atoms with van der Waals surface area (Å²) >= 11 is 5.98. The monoisotopic (exact) mass is 279 g/mol. The Bertz CT molecular complexity index is 533. The number of hydrogen-bond acceptors (Lipinski definition) is 2. The minimum Gasteiger partial charge on any atom is -0.483 e. The van der Waals surface area contributed by atoms with Crippen LogP contribution < -0.4 is 10.1 Å². The Kier molecular flexibility index (Phi) is 4.77. The lowest BCUT2D eigenvalue weighted by molar-refractivity contribution is 0.205. The molecule has 1 atom stereocenters. The van der Waals surface area contributed by atoms with Crippen LogP contribution >= 0.6 is 11.6 Å². The number of rotatable bonds is 5. The standard InChI is InChI=1S/C15H15ClFNO/c1-18-10-15(11-5-3-2-4-6-11)19-14-8-7-12(17)9-13(14)16/h2-9,15,18H,10H2,1H3. The largest absolute Gasteiger partial charge is 0.483 e. The Morgan fingerprint density at radius 1 is 1.21 bits per heavy atom. The molecular formula is C15H15ClFNO. The molecule has 0 saturated carbocycles. The van der Waals surface area contributed by atoms with Crippen LogP contribution in [0, 0.1) is 5.82 Å². The SMILES string of the molecule is CNCC(Oc1ccc(F)cc1Cl)c1ccccc1. The van der Waals surface area contributed by atoms with E-state index < -0.39 is 0 Å². The Balaban J connectivity index is 2.21. The first-order valence-corrected chi connectivity index (χ1v) is 6.39. The van der Waals surface area contributed by atoms with Gasteiger partial charge in [0.25, 0.3) is 0 Å². The molecule has 0 saturated heterocycles. The highest BCUT2D eigenvalue weighted by molar-refractivity contribution is 6.32. The molecule has 0 spiro atoms. The van der Waals surface area contributed by atoms with Gasteiger partial charge in [-0.05, 0) is 30.8 Å². The van der Waals surface area contributed by atoms with Crippen molar-refractivity contribution in [1.82, 2.24) is 5.32 Å². The molecule has 19 heavy (non-hydrogen) atoms. The van der Waals surface area contributed by atoms with Crippen molar-refractivity contribution >= 4 is 11.6 Å². The predicted molar refractivity (Wildman–Crippen MR) is 75.1 cm³/mol. The fourth-order valence-electron chi connectivity index (χ4n) is 1.80. The second kappa shape index (κ2) is 6.55. The van der Waals surface area contributed by atoms with Crippen molar-refractivity contribution in [3.8, 4) is 5.75 Å². The third kappa shape index (κ3) is 3.69. The number of ether oxygens (including phenoxy) is 1. The van der Waals surface area contributed by atoms with Gasteiger partial charge in [0, 0.05) is 6.54 Å². The summed E-state index contributed by atoms with van der Waals surface area (Å²) in [5, 5.41) is 3.35. The van der Waals surface area contributed by atoms with Gasteiger partial charge in [0.15, 0.2) is 0 Å². The van der Waals surface area contributed by atoms with E-state index in [0.29, 0.717) is 12.3 Å². The maximum Gasteiger partial charge on any atom is 0.139 e. The first-order valence-electron chi connectivity index (χ1n) is 6.02. The van der Waals surface area contributed by atoms with Crippen LogP contribution in [0.3, 0.4) is 0 Å². The molecule has 1 unspecified atom stereocenters. The lowest BCUT2D eigenvalue weighted by Gasteiger charge is -2.20. The number of likely N-dealkylation sites (N-methyl/N-ethyl adjacent to an activating group) is 1. The molecule has 2 nitrogen and oxygen atoms in total. The Labute approximate surface area is 117 Å². The number of benzene rings is 2. The van der Waals surface area contributed by atoms with Gasteiger partial charge in [-0.2, -0.15) is 0 Å². The molecule has 1 N–H and O–H groups in total. The average molecular weight is 280 g/mol. The first kappa shape index (κ1) is 13.8. The zero-order valence-corrected chi connectivity index (χ0v) is 11.3. The highest BCUT2D eigenvalue weighted by Crippen LogP contribution is 2.29. The maximum absolute atomic E-state index is 13.0. The second-order valence-electron chi connectivity index (χ2n) is 4.15. The molecule has 0 heterocycles. The average Bonchev–Trinajstić information content (AvgIpc) is 2.42. The van der Waals surface area contributed by atoms with E-state index in [9.17, 15) is 4.39 Å². The van der Waals surface area contributed by atoms with Gasteiger partial charge in [-0.15, -0.1) is 0 Å². The van der Waals surface area contributed by atoms with E-state index in [2.05, 4.69) is 5.32 Å². The Hall–Kier alpha value is -1.58. The summed E-state index contributed by atoms with van der Waals surface area (Å²) in [4.78, 5) is 0. The van der Waals surface area contributed by atoms with Crippen molar-refractivity contribution in [2.75, 3.05) is 13.6 Å². The summed E-state index contributed by atoms with van der Waals surface area (Å²) in [6, 6.07) is 14.0. The van der Waals surface area contributed by atoms with Crippen LogP contribution in [-0.2, 0) is 0 Å². The number of hydrogen-bond donors (Lipinski definition) is 1. The van der Waals surface area contributed by atoms with Crippen LogP contribution in [0.4, 0.5) is 4.39 Å². The van der Waals surface area contributed by atoms with Crippen LogP contribution in [0.1, 0.15) is 11.7 Å². The zero-order valence-electron chi connectivity index (χ0n) is 10.6. The lowest BCUT2D eigenvalue weighted by Crippen LogP contribution is -2.22. The van der Waals surface area contributed by atoms with Crippen LogP contribution in [0.25, 0.3) is 0 Å². The van der Waals surface area contributed by atoms with Crippen LogP contribution in [-0.4, -0.2) is 13.6 Å². The van der Waals surface area contributed by atoms with Gasteiger partial charge in [-0.3, -0.25) is 0 Å². The molecule has 0 aromatic heterocycles. The Morgan fingerprint density at radius 2 is 1.95 bits per heavy atom. The fraction of sp³-hybridized carbons (Fsp3) is 0.200. The molecule has 0 fully saturated rings. The maximum atomic E-state index is 13.0. The summed E-state index contributed by atoms with van der Waals surface area (Å²) in [6.45, 7) is 0.637. The molecular weight excluding hydrogens is 265 g/mol. The highest BCUT2D eigenvalue weighted by Gasteiger charge is 2.14. The fourth-order valence-corrected chi connectivity index (χ4v) is 2.02. The number of halogens is 2. The summed E-state index contributed by atoms with van der Waals surface area (Å²) in [5.74, 6) is 0.106. The molecule has 0 bridgehead atoms. The lowest BCUT2D eigenvalue weighted by atomic mass is 10.1. The van der Waals surface area contributed by atoms with E-state index in [4.69, 9.17) is 16.3 Å². The van der Waals surface area contributed by atoms with Crippen molar-refractivity contribution in [3.63, 3.8) is 0 Å². The topological polar surface area (TPSA) is 21.3 Å². The smallest absolute Gasteiger partial charge is 0.139 e. The van der Waals surface area contributed by atoms with Gasteiger partial charge in [0.1, 0.15) is 17.7 Å². The van der Waals surface area contributed by atoms with E-state index in [1.54, 1.807) is 6.07 Å². The molecule has 2 aromatic rings. The second-order valence-corrected chi connectivity index (χ2v) is 4.56. The summed E-state index contributed by atoms with van der Waals surface area (Å²) in [5.41, 5.74) is 1.04. The molecule has 0 aliphatic rings. The van der Waals surface area contributed by atoms with Gasteiger partial charge in [0.05, 0.1) is 5.02 Å². The van der Waals surface area contributed by atoms with E-state index in [1.165, 1.54) is 12.1 Å². The van der Waals surface area contributed by atoms with E-state index in [-0.39, 0.29) is 16.9 Å². The molecule has 2 aromatic carbocycles. The molecule has 100 valence electrons. The summed E-state index contributed by atoms with van der Waals surface area (Å²) in [7, 11) is 1.85. The predicted octanol–water partition coefficient (Wildman–Crippen LogP) is 3.82. The van der Waals surface area contributed by atoms with Crippen molar-refractivity contribution < 1.29 is 9.13 Å². The van der Waals surface area contributed by atoms with E-state index in [1.807, 2.05) is 37.4 Å². The molecule has 0 amide bonds. The summed E-state index contributed by atoms with van der Waals surface area (Å²) < 4.78 is 18.9. The van der Waals surface area contributed by atoms with Crippen molar-refractivity contribution in [1.29, 1.82) is 0 Å². The third-order valence-electron chi connectivity index (χ3n) is 2.72. The molecule has 4 heteroatoms. The van der Waals surface area contributed by atoms with Crippen LogP contribution in [0.2, 0.25) is 5.02 Å². The normalized spacial score (nSPS) is 12.2. The summed E-state index contributed by atoms with van der Waals surface area (Å²) in [6.07, 6.45) is -0.172. The molecule has 0 aliphatic heterocycles. The molecule has 2 rings (SSSR count). The van der Waals surface area contributed by atoms with Crippen molar-refractivity contribution in [2.24, 2.45) is 0 Å². The zero-order chi connectivity index (χ0) is 13.7. The van der Waals surface area contributed by atoms with Crippen molar-refractivity contribution in [2.45, 2.75) is 6.10 Å². The van der Waals surface area contributed by atoms with Crippen molar-refractivity contribution in [3.05, 3.63) is 64.9 Å². The van der Waals surface area contributed by atoms with Gasteiger partial charge < -0.3 is 10.1 Å². The van der Waals surface area contributed by atoms with Gasteiger partial charge in [0.2, 0.25) is 0 Å². The number of nitrogens with one attached hydrogen (secondary N) is 1.